The van der Waals surface area contributed by atoms with Gasteiger partial charge in [0.1, 0.15) is 5.75 Å². The van der Waals surface area contributed by atoms with Gasteiger partial charge >= 0.3 is 0 Å². The number of rotatable bonds is 6. The molecule has 1 unspecified atom stereocenters. The van der Waals surface area contributed by atoms with E-state index < -0.39 is 0 Å². The summed E-state index contributed by atoms with van der Waals surface area (Å²) in [6, 6.07) is 17.5. The molecule has 2 nitrogen and oxygen atoms in total. The van der Waals surface area contributed by atoms with Gasteiger partial charge in [-0.2, -0.15) is 0 Å². The second kappa shape index (κ2) is 7.28. The summed E-state index contributed by atoms with van der Waals surface area (Å²) in [5, 5.41) is 3.34. The van der Waals surface area contributed by atoms with Crippen LogP contribution in [0.5, 0.6) is 5.75 Å². The SMILES string of the molecule is CCC(NC)c1ccc(-c2ccc(OC(C)C)cc2)cc1. The Morgan fingerprint density at radius 1 is 0.905 bits per heavy atom. The summed E-state index contributed by atoms with van der Waals surface area (Å²) in [7, 11) is 2.01. The number of nitrogens with one attached hydrogen (secondary N) is 1. The van der Waals surface area contributed by atoms with Crippen LogP contribution in [0.4, 0.5) is 0 Å². The molecule has 2 aromatic carbocycles. The van der Waals surface area contributed by atoms with Crippen LogP contribution in [0.15, 0.2) is 48.5 Å². The van der Waals surface area contributed by atoms with Crippen molar-refractivity contribution < 1.29 is 4.74 Å². The fraction of sp³-hybridized carbons (Fsp3) is 0.368. The lowest BCUT2D eigenvalue weighted by atomic mass is 9.99. The number of benzene rings is 2. The van der Waals surface area contributed by atoms with Crippen molar-refractivity contribution in [3.05, 3.63) is 54.1 Å². The van der Waals surface area contributed by atoms with Crippen LogP contribution in [0, 0.1) is 0 Å². The van der Waals surface area contributed by atoms with Crippen molar-refractivity contribution in [2.24, 2.45) is 0 Å². The summed E-state index contributed by atoms with van der Waals surface area (Å²) >= 11 is 0. The molecule has 0 aliphatic carbocycles. The molecular weight excluding hydrogens is 258 g/mol. The molecule has 1 N–H and O–H groups in total. The molecule has 2 rings (SSSR count). The first-order chi connectivity index (χ1) is 10.1. The third-order valence-corrected chi connectivity index (χ3v) is 3.63. The van der Waals surface area contributed by atoms with Crippen molar-refractivity contribution in [1.82, 2.24) is 5.32 Å². The Bertz CT molecular complexity index is 539. The quantitative estimate of drug-likeness (QED) is 0.821. The summed E-state index contributed by atoms with van der Waals surface area (Å²) in [4.78, 5) is 0. The van der Waals surface area contributed by atoms with Crippen LogP contribution < -0.4 is 10.1 Å². The number of hydrogen-bond acceptors (Lipinski definition) is 2. The largest absolute Gasteiger partial charge is 0.491 e. The van der Waals surface area contributed by atoms with E-state index in [4.69, 9.17) is 4.74 Å². The zero-order valence-electron chi connectivity index (χ0n) is 13.4. The smallest absolute Gasteiger partial charge is 0.119 e. The highest BCUT2D eigenvalue weighted by Crippen LogP contribution is 2.25. The molecule has 0 amide bonds. The van der Waals surface area contributed by atoms with E-state index in [9.17, 15) is 0 Å². The Balaban J connectivity index is 2.15. The second-order valence-corrected chi connectivity index (χ2v) is 5.56. The standard InChI is InChI=1S/C19H25NO/c1-5-19(20-4)17-8-6-15(7-9-17)16-10-12-18(13-11-16)21-14(2)3/h6-14,19-20H,5H2,1-4H3. The van der Waals surface area contributed by atoms with Crippen molar-refractivity contribution in [3.8, 4) is 16.9 Å². The summed E-state index contributed by atoms with van der Waals surface area (Å²) < 4.78 is 5.68. The molecule has 0 aliphatic heterocycles. The van der Waals surface area contributed by atoms with Gasteiger partial charge in [-0.15, -0.1) is 0 Å². The normalized spacial score (nSPS) is 12.4. The Morgan fingerprint density at radius 2 is 1.43 bits per heavy atom. The van der Waals surface area contributed by atoms with Crippen molar-refractivity contribution >= 4 is 0 Å². The van der Waals surface area contributed by atoms with Gasteiger partial charge in [0.2, 0.25) is 0 Å². The molecular formula is C19H25NO. The van der Waals surface area contributed by atoms with E-state index in [1.165, 1.54) is 16.7 Å². The second-order valence-electron chi connectivity index (χ2n) is 5.56. The highest BCUT2D eigenvalue weighted by Gasteiger charge is 2.06. The Kier molecular flexibility index (Phi) is 5.40. The topological polar surface area (TPSA) is 21.3 Å². The minimum Gasteiger partial charge on any atom is -0.491 e. The van der Waals surface area contributed by atoms with Crippen LogP contribution in [-0.4, -0.2) is 13.2 Å². The van der Waals surface area contributed by atoms with Gasteiger partial charge in [-0.3, -0.25) is 0 Å². The molecule has 2 aromatic rings. The third-order valence-electron chi connectivity index (χ3n) is 3.63. The molecule has 0 saturated carbocycles. The van der Waals surface area contributed by atoms with Gasteiger partial charge in [-0.25, -0.2) is 0 Å². The van der Waals surface area contributed by atoms with Crippen molar-refractivity contribution in [2.75, 3.05) is 7.05 Å². The Morgan fingerprint density at radius 3 is 1.86 bits per heavy atom. The van der Waals surface area contributed by atoms with E-state index in [1.54, 1.807) is 0 Å². The molecule has 0 aromatic heterocycles. The fourth-order valence-electron chi connectivity index (χ4n) is 2.51. The van der Waals surface area contributed by atoms with E-state index in [0.29, 0.717) is 6.04 Å². The number of ether oxygens (including phenoxy) is 1. The van der Waals surface area contributed by atoms with Crippen LogP contribution in [0.25, 0.3) is 11.1 Å². The number of hydrogen-bond donors (Lipinski definition) is 1. The van der Waals surface area contributed by atoms with E-state index >= 15 is 0 Å². The summed E-state index contributed by atoms with van der Waals surface area (Å²) in [5.74, 6) is 0.923. The van der Waals surface area contributed by atoms with Gasteiger partial charge in [0, 0.05) is 6.04 Å². The molecule has 1 atom stereocenters. The zero-order valence-corrected chi connectivity index (χ0v) is 13.4. The van der Waals surface area contributed by atoms with Crippen LogP contribution >= 0.6 is 0 Å². The highest BCUT2D eigenvalue weighted by atomic mass is 16.5. The highest BCUT2D eigenvalue weighted by molar-refractivity contribution is 5.64. The third kappa shape index (κ3) is 4.08. The Hall–Kier alpha value is -1.80. The van der Waals surface area contributed by atoms with Gasteiger partial charge in [-0.1, -0.05) is 43.3 Å². The fourth-order valence-corrected chi connectivity index (χ4v) is 2.51. The minimum absolute atomic E-state index is 0.211. The van der Waals surface area contributed by atoms with Crippen LogP contribution in [0.1, 0.15) is 38.8 Å². The average molecular weight is 283 g/mol. The van der Waals surface area contributed by atoms with Crippen LogP contribution in [-0.2, 0) is 0 Å². The first kappa shape index (κ1) is 15.6. The molecule has 0 saturated heterocycles. The molecule has 2 heteroatoms. The van der Waals surface area contributed by atoms with Crippen LogP contribution in [0.3, 0.4) is 0 Å². The van der Waals surface area contributed by atoms with E-state index in [2.05, 4.69) is 48.6 Å². The van der Waals surface area contributed by atoms with Gasteiger partial charge in [0.25, 0.3) is 0 Å². The van der Waals surface area contributed by atoms with Crippen molar-refractivity contribution in [3.63, 3.8) is 0 Å². The van der Waals surface area contributed by atoms with E-state index in [0.717, 1.165) is 12.2 Å². The van der Waals surface area contributed by atoms with Crippen molar-refractivity contribution in [2.45, 2.75) is 39.3 Å². The molecule has 112 valence electrons. The maximum atomic E-state index is 5.68. The first-order valence-electron chi connectivity index (χ1n) is 7.68. The van der Waals surface area contributed by atoms with E-state index in [-0.39, 0.29) is 6.10 Å². The minimum atomic E-state index is 0.211. The molecule has 0 aliphatic rings. The molecule has 0 fully saturated rings. The predicted octanol–water partition coefficient (Wildman–Crippen LogP) is 4.81. The lowest BCUT2D eigenvalue weighted by molar-refractivity contribution is 0.242. The predicted molar refractivity (Wildman–Crippen MR) is 89.7 cm³/mol. The van der Waals surface area contributed by atoms with Gasteiger partial charge in [0.15, 0.2) is 0 Å². The monoisotopic (exact) mass is 283 g/mol. The maximum absolute atomic E-state index is 5.68. The van der Waals surface area contributed by atoms with Gasteiger partial charge < -0.3 is 10.1 Å². The molecule has 21 heavy (non-hydrogen) atoms. The Labute approximate surface area is 128 Å². The summed E-state index contributed by atoms with van der Waals surface area (Å²) in [6.45, 7) is 6.28. The summed E-state index contributed by atoms with van der Waals surface area (Å²) in [6.07, 6.45) is 1.31. The van der Waals surface area contributed by atoms with Crippen molar-refractivity contribution in [1.29, 1.82) is 0 Å². The average Bonchev–Trinajstić information content (AvgIpc) is 2.49. The summed E-state index contributed by atoms with van der Waals surface area (Å²) in [5.41, 5.74) is 3.79. The van der Waals surface area contributed by atoms with Gasteiger partial charge in [-0.05, 0) is 56.1 Å². The lowest BCUT2D eigenvalue weighted by Gasteiger charge is -2.15. The zero-order chi connectivity index (χ0) is 15.2. The molecule has 0 radical (unpaired) electrons. The lowest BCUT2D eigenvalue weighted by Crippen LogP contribution is -2.14. The molecule has 0 spiro atoms. The van der Waals surface area contributed by atoms with E-state index in [1.807, 2.05) is 33.0 Å². The van der Waals surface area contributed by atoms with Crippen LogP contribution in [0.2, 0.25) is 0 Å². The molecule has 0 bridgehead atoms. The molecule has 0 heterocycles. The first-order valence-corrected chi connectivity index (χ1v) is 7.68. The van der Waals surface area contributed by atoms with Gasteiger partial charge in [0.05, 0.1) is 6.10 Å². The maximum Gasteiger partial charge on any atom is 0.119 e.